The summed E-state index contributed by atoms with van der Waals surface area (Å²) in [5, 5.41) is 16.0. The van der Waals surface area contributed by atoms with E-state index in [1.165, 1.54) is 16.8 Å². The van der Waals surface area contributed by atoms with Gasteiger partial charge in [0.05, 0.1) is 18.5 Å². The molecule has 0 saturated carbocycles. The second kappa shape index (κ2) is 9.20. The standard InChI is InChI=1S/C15H23N5O.C2HF3O2/c1-4-21-11-13-8-20(7-12-5-16-18(2)6-12)10-15-14(13)9-19(3)17-15;3-2(4,5)1(6)7/h5-6,9,13H,4,7-8,10-11H2,1-3H3;(H,6,7). The van der Waals surface area contributed by atoms with Crippen molar-refractivity contribution in [2.75, 3.05) is 19.8 Å². The quantitative estimate of drug-likeness (QED) is 0.821. The predicted octanol–water partition coefficient (Wildman–Crippen LogP) is 1.92. The molecule has 28 heavy (non-hydrogen) atoms. The summed E-state index contributed by atoms with van der Waals surface area (Å²) in [7, 11) is 3.94. The Balaban J connectivity index is 0.000000345. The molecule has 3 heterocycles. The third-order valence-electron chi connectivity index (χ3n) is 4.16. The molecule has 8 nitrogen and oxygen atoms in total. The minimum Gasteiger partial charge on any atom is -0.475 e. The summed E-state index contributed by atoms with van der Waals surface area (Å²) in [6, 6.07) is 0. The second-order valence-electron chi connectivity index (χ2n) is 6.56. The summed E-state index contributed by atoms with van der Waals surface area (Å²) in [4.78, 5) is 11.3. The van der Waals surface area contributed by atoms with E-state index in [-0.39, 0.29) is 0 Å². The lowest BCUT2D eigenvalue weighted by Crippen LogP contribution is -2.34. The summed E-state index contributed by atoms with van der Waals surface area (Å²) in [6.45, 7) is 6.38. The molecule has 1 aliphatic rings. The van der Waals surface area contributed by atoms with Crippen molar-refractivity contribution in [1.82, 2.24) is 24.5 Å². The normalized spacial score (nSPS) is 17.0. The highest BCUT2D eigenvalue weighted by Gasteiger charge is 2.38. The lowest BCUT2D eigenvalue weighted by atomic mass is 9.95. The van der Waals surface area contributed by atoms with Gasteiger partial charge >= 0.3 is 12.1 Å². The molecule has 0 radical (unpaired) electrons. The lowest BCUT2D eigenvalue weighted by Gasteiger charge is -2.31. The van der Waals surface area contributed by atoms with E-state index < -0.39 is 12.1 Å². The number of carboxylic acids is 1. The summed E-state index contributed by atoms with van der Waals surface area (Å²) < 4.78 is 41.2. The molecule has 11 heteroatoms. The van der Waals surface area contributed by atoms with Crippen molar-refractivity contribution in [1.29, 1.82) is 0 Å². The molecule has 0 spiro atoms. The number of aryl methyl sites for hydroxylation is 2. The molecule has 1 atom stereocenters. The van der Waals surface area contributed by atoms with Crippen LogP contribution in [0.15, 0.2) is 18.6 Å². The van der Waals surface area contributed by atoms with Crippen LogP contribution < -0.4 is 0 Å². The highest BCUT2D eigenvalue weighted by molar-refractivity contribution is 5.73. The van der Waals surface area contributed by atoms with E-state index in [2.05, 4.69) is 27.5 Å². The van der Waals surface area contributed by atoms with E-state index in [0.717, 1.165) is 32.8 Å². The van der Waals surface area contributed by atoms with Crippen LogP contribution in [0.2, 0.25) is 0 Å². The Kier molecular flexibility index (Phi) is 7.19. The summed E-state index contributed by atoms with van der Waals surface area (Å²) >= 11 is 0. The van der Waals surface area contributed by atoms with Crippen molar-refractivity contribution in [3.63, 3.8) is 0 Å². The van der Waals surface area contributed by atoms with Crippen LogP contribution in [0.4, 0.5) is 13.2 Å². The van der Waals surface area contributed by atoms with E-state index in [1.807, 2.05) is 36.6 Å². The Hall–Kier alpha value is -2.40. The summed E-state index contributed by atoms with van der Waals surface area (Å²) in [5.41, 5.74) is 3.76. The Morgan fingerprint density at radius 1 is 1.32 bits per heavy atom. The van der Waals surface area contributed by atoms with Crippen LogP contribution in [0.1, 0.15) is 29.7 Å². The number of hydrogen-bond donors (Lipinski definition) is 1. The van der Waals surface area contributed by atoms with Gasteiger partial charge < -0.3 is 9.84 Å². The molecule has 3 rings (SSSR count). The second-order valence-corrected chi connectivity index (χ2v) is 6.56. The Bertz CT molecular complexity index is 787. The fourth-order valence-electron chi connectivity index (χ4n) is 3.04. The molecule has 0 fully saturated rings. The van der Waals surface area contributed by atoms with Gasteiger partial charge in [-0.05, 0) is 6.92 Å². The summed E-state index contributed by atoms with van der Waals surface area (Å²) in [6.07, 6.45) is 1.07. The topological polar surface area (TPSA) is 85.4 Å². The number of rotatable bonds is 5. The van der Waals surface area contributed by atoms with Crippen LogP contribution >= 0.6 is 0 Å². The highest BCUT2D eigenvalue weighted by Crippen LogP contribution is 2.28. The monoisotopic (exact) mass is 403 g/mol. The third kappa shape index (κ3) is 6.06. The van der Waals surface area contributed by atoms with Gasteiger partial charge in [-0.1, -0.05) is 0 Å². The van der Waals surface area contributed by atoms with Crippen LogP contribution in [-0.2, 0) is 36.7 Å². The van der Waals surface area contributed by atoms with Gasteiger partial charge in [-0.15, -0.1) is 0 Å². The minimum atomic E-state index is -5.08. The highest BCUT2D eigenvalue weighted by atomic mass is 19.4. The number of nitrogens with zero attached hydrogens (tertiary/aromatic N) is 5. The van der Waals surface area contributed by atoms with Crippen molar-refractivity contribution in [3.8, 4) is 0 Å². The number of carbonyl (C=O) groups is 1. The molecule has 0 aliphatic carbocycles. The van der Waals surface area contributed by atoms with Crippen LogP contribution in [0, 0.1) is 0 Å². The number of carboxylic acid groups (broad SMARTS) is 1. The van der Waals surface area contributed by atoms with E-state index in [9.17, 15) is 13.2 Å². The van der Waals surface area contributed by atoms with Gasteiger partial charge in [0.2, 0.25) is 0 Å². The van der Waals surface area contributed by atoms with Crippen molar-refractivity contribution >= 4 is 5.97 Å². The van der Waals surface area contributed by atoms with Gasteiger partial charge in [0.15, 0.2) is 0 Å². The molecule has 0 saturated heterocycles. The number of halogens is 3. The zero-order valence-electron chi connectivity index (χ0n) is 16.0. The first kappa shape index (κ1) is 21.9. The Morgan fingerprint density at radius 2 is 2.00 bits per heavy atom. The smallest absolute Gasteiger partial charge is 0.475 e. The fourth-order valence-corrected chi connectivity index (χ4v) is 3.04. The maximum atomic E-state index is 10.6. The van der Waals surface area contributed by atoms with Crippen molar-refractivity contribution < 1.29 is 27.8 Å². The molecule has 0 bridgehead atoms. The van der Waals surface area contributed by atoms with Crippen LogP contribution in [0.5, 0.6) is 0 Å². The molecular weight excluding hydrogens is 379 g/mol. The van der Waals surface area contributed by atoms with Crippen molar-refractivity contribution in [2.24, 2.45) is 14.1 Å². The average molecular weight is 403 g/mol. The Labute approximate surface area is 160 Å². The van der Waals surface area contributed by atoms with Crippen molar-refractivity contribution in [2.45, 2.75) is 32.1 Å². The van der Waals surface area contributed by atoms with Gasteiger partial charge in [-0.2, -0.15) is 23.4 Å². The zero-order chi connectivity index (χ0) is 20.9. The van der Waals surface area contributed by atoms with E-state index in [4.69, 9.17) is 14.6 Å². The maximum absolute atomic E-state index is 10.6. The minimum absolute atomic E-state index is 0.402. The Morgan fingerprint density at radius 3 is 2.54 bits per heavy atom. The number of aromatic nitrogens is 4. The van der Waals surface area contributed by atoms with E-state index in [1.54, 1.807) is 0 Å². The van der Waals surface area contributed by atoms with E-state index in [0.29, 0.717) is 5.92 Å². The van der Waals surface area contributed by atoms with Gasteiger partial charge in [0.1, 0.15) is 0 Å². The van der Waals surface area contributed by atoms with Crippen LogP contribution in [0.25, 0.3) is 0 Å². The van der Waals surface area contributed by atoms with Gasteiger partial charge in [-0.25, -0.2) is 4.79 Å². The third-order valence-corrected chi connectivity index (χ3v) is 4.16. The molecule has 1 unspecified atom stereocenters. The zero-order valence-corrected chi connectivity index (χ0v) is 16.0. The molecule has 2 aromatic heterocycles. The van der Waals surface area contributed by atoms with E-state index >= 15 is 0 Å². The number of aliphatic carboxylic acids is 1. The largest absolute Gasteiger partial charge is 0.490 e. The van der Waals surface area contributed by atoms with Crippen LogP contribution in [-0.4, -0.2) is 61.5 Å². The molecule has 0 aromatic carbocycles. The average Bonchev–Trinajstić information content (AvgIpc) is 3.17. The molecule has 0 amide bonds. The lowest BCUT2D eigenvalue weighted by molar-refractivity contribution is -0.192. The first-order valence-electron chi connectivity index (χ1n) is 8.70. The number of alkyl halides is 3. The maximum Gasteiger partial charge on any atom is 0.490 e. The molecule has 1 N–H and O–H groups in total. The molecule has 156 valence electrons. The molecule has 1 aliphatic heterocycles. The van der Waals surface area contributed by atoms with Gasteiger partial charge in [-0.3, -0.25) is 14.3 Å². The fraction of sp³-hybridized carbons (Fsp3) is 0.588. The summed E-state index contributed by atoms with van der Waals surface area (Å²) in [5.74, 6) is -2.36. The first-order chi connectivity index (χ1) is 13.1. The van der Waals surface area contributed by atoms with Crippen LogP contribution in [0.3, 0.4) is 0 Å². The molecular formula is C17H24F3N5O3. The number of hydrogen-bond acceptors (Lipinski definition) is 5. The van der Waals surface area contributed by atoms with Gasteiger partial charge in [0.25, 0.3) is 0 Å². The first-order valence-corrected chi connectivity index (χ1v) is 8.70. The number of fused-ring (bicyclic) bond motifs is 1. The molecule has 2 aromatic rings. The van der Waals surface area contributed by atoms with Crippen molar-refractivity contribution in [3.05, 3.63) is 35.4 Å². The SMILES string of the molecule is CCOCC1CN(Cc2cnn(C)c2)Cc2nn(C)cc21.O=C(O)C(F)(F)F. The number of ether oxygens (including phenoxy) is 1. The predicted molar refractivity (Wildman–Crippen MR) is 93.5 cm³/mol. The van der Waals surface area contributed by atoms with Gasteiger partial charge in [0, 0.05) is 69.8 Å².